The summed E-state index contributed by atoms with van der Waals surface area (Å²) in [4.78, 5) is 12.5. The van der Waals surface area contributed by atoms with Crippen LogP contribution in [-0.2, 0) is 4.79 Å². The highest BCUT2D eigenvalue weighted by Crippen LogP contribution is 2.34. The Labute approximate surface area is 172 Å². The summed E-state index contributed by atoms with van der Waals surface area (Å²) in [6.45, 7) is 2.57. The minimum absolute atomic E-state index is 0.0409. The van der Waals surface area contributed by atoms with Gasteiger partial charge in [0, 0.05) is 10.2 Å². The van der Waals surface area contributed by atoms with Gasteiger partial charge in [0.05, 0.1) is 20.8 Å². The van der Waals surface area contributed by atoms with E-state index in [0.717, 1.165) is 6.42 Å². The van der Waals surface area contributed by atoms with Crippen molar-refractivity contribution in [2.75, 3.05) is 26.1 Å². The molecule has 0 unspecified atom stereocenters. The summed E-state index contributed by atoms with van der Waals surface area (Å²) in [5, 5.41) is 12.1. The SMILES string of the molecule is CCCOc1cc(Br)c(C=C(C#N)C(=O)Nc2ccc(OC)cc2)cc1OC. The zero-order valence-corrected chi connectivity index (χ0v) is 17.5. The number of rotatable bonds is 8. The highest BCUT2D eigenvalue weighted by Gasteiger charge is 2.14. The summed E-state index contributed by atoms with van der Waals surface area (Å²) >= 11 is 3.46. The second-order valence-corrected chi connectivity index (χ2v) is 6.58. The van der Waals surface area contributed by atoms with Gasteiger partial charge in [-0.05, 0) is 54.5 Å². The largest absolute Gasteiger partial charge is 0.497 e. The van der Waals surface area contributed by atoms with Crippen LogP contribution in [0.1, 0.15) is 18.9 Å². The lowest BCUT2D eigenvalue weighted by Gasteiger charge is -2.12. The van der Waals surface area contributed by atoms with Crippen molar-refractivity contribution in [1.82, 2.24) is 0 Å². The van der Waals surface area contributed by atoms with Crippen LogP contribution in [0.25, 0.3) is 6.08 Å². The molecule has 0 atom stereocenters. The van der Waals surface area contributed by atoms with Crippen LogP contribution < -0.4 is 19.5 Å². The van der Waals surface area contributed by atoms with E-state index in [1.165, 1.54) is 13.2 Å². The van der Waals surface area contributed by atoms with E-state index in [9.17, 15) is 10.1 Å². The molecule has 0 bridgehead atoms. The van der Waals surface area contributed by atoms with Crippen molar-refractivity contribution in [2.24, 2.45) is 0 Å². The molecule has 0 aliphatic rings. The van der Waals surface area contributed by atoms with Crippen molar-refractivity contribution >= 4 is 33.6 Å². The molecule has 28 heavy (non-hydrogen) atoms. The van der Waals surface area contributed by atoms with Gasteiger partial charge in [-0.3, -0.25) is 4.79 Å². The first-order valence-electron chi connectivity index (χ1n) is 8.59. The molecule has 0 radical (unpaired) electrons. The molecule has 0 heterocycles. The number of nitriles is 1. The molecule has 0 saturated carbocycles. The van der Waals surface area contributed by atoms with Crippen LogP contribution >= 0.6 is 15.9 Å². The van der Waals surface area contributed by atoms with E-state index in [-0.39, 0.29) is 5.57 Å². The van der Waals surface area contributed by atoms with Crippen LogP contribution in [0.4, 0.5) is 5.69 Å². The maximum absolute atomic E-state index is 12.5. The van der Waals surface area contributed by atoms with Gasteiger partial charge in [-0.15, -0.1) is 0 Å². The zero-order valence-electron chi connectivity index (χ0n) is 15.9. The lowest BCUT2D eigenvalue weighted by Crippen LogP contribution is -2.13. The molecule has 0 aromatic heterocycles. The van der Waals surface area contributed by atoms with Crippen LogP contribution in [-0.4, -0.2) is 26.7 Å². The van der Waals surface area contributed by atoms with E-state index in [1.54, 1.807) is 43.5 Å². The quantitative estimate of drug-likeness (QED) is 0.467. The van der Waals surface area contributed by atoms with Gasteiger partial charge in [-0.1, -0.05) is 22.9 Å². The molecule has 146 valence electrons. The molecule has 2 aromatic rings. The van der Waals surface area contributed by atoms with Crippen LogP contribution in [0.3, 0.4) is 0 Å². The van der Waals surface area contributed by atoms with Gasteiger partial charge >= 0.3 is 0 Å². The van der Waals surface area contributed by atoms with E-state index in [4.69, 9.17) is 14.2 Å². The first kappa shape index (κ1) is 21.3. The Bertz CT molecular complexity index is 902. The number of nitrogens with zero attached hydrogens (tertiary/aromatic N) is 1. The van der Waals surface area contributed by atoms with Gasteiger partial charge in [0.25, 0.3) is 5.91 Å². The normalized spacial score (nSPS) is 10.8. The Balaban J connectivity index is 2.27. The maximum atomic E-state index is 12.5. The fourth-order valence-corrected chi connectivity index (χ4v) is 2.76. The lowest BCUT2D eigenvalue weighted by molar-refractivity contribution is -0.112. The predicted octanol–water partition coefficient (Wildman–Crippen LogP) is 4.80. The first-order chi connectivity index (χ1) is 13.5. The van der Waals surface area contributed by atoms with Crippen LogP contribution in [0.2, 0.25) is 0 Å². The molecule has 0 aliphatic carbocycles. The summed E-state index contributed by atoms with van der Waals surface area (Å²) in [5.41, 5.74) is 1.15. The van der Waals surface area contributed by atoms with Gasteiger partial charge in [0.2, 0.25) is 0 Å². The summed E-state index contributed by atoms with van der Waals surface area (Å²) in [7, 11) is 3.10. The van der Waals surface area contributed by atoms with Crippen LogP contribution in [0.15, 0.2) is 46.4 Å². The van der Waals surface area contributed by atoms with Gasteiger partial charge in [-0.2, -0.15) is 5.26 Å². The van der Waals surface area contributed by atoms with Gasteiger partial charge in [0.1, 0.15) is 17.4 Å². The Morgan fingerprint density at radius 2 is 1.89 bits per heavy atom. The highest BCUT2D eigenvalue weighted by atomic mass is 79.9. The molecule has 6 nitrogen and oxygen atoms in total. The second kappa shape index (κ2) is 10.4. The third-order valence-electron chi connectivity index (χ3n) is 3.76. The number of ether oxygens (including phenoxy) is 3. The summed E-state index contributed by atoms with van der Waals surface area (Å²) in [6.07, 6.45) is 2.36. The molecular formula is C21H21BrN2O4. The molecule has 0 saturated heterocycles. The minimum atomic E-state index is -0.509. The average molecular weight is 445 g/mol. The Hall–Kier alpha value is -2.98. The van der Waals surface area contributed by atoms with E-state index in [2.05, 4.69) is 21.2 Å². The third-order valence-corrected chi connectivity index (χ3v) is 4.44. The zero-order chi connectivity index (χ0) is 20.5. The maximum Gasteiger partial charge on any atom is 0.266 e. The molecule has 2 rings (SSSR count). The van der Waals surface area contributed by atoms with Crippen molar-refractivity contribution in [2.45, 2.75) is 13.3 Å². The molecule has 0 spiro atoms. The number of hydrogen-bond acceptors (Lipinski definition) is 5. The number of carbonyl (C=O) groups is 1. The van der Waals surface area contributed by atoms with E-state index in [0.29, 0.717) is 39.6 Å². The number of hydrogen-bond donors (Lipinski definition) is 1. The fraction of sp³-hybridized carbons (Fsp3) is 0.238. The van der Waals surface area contributed by atoms with Gasteiger partial charge in [-0.25, -0.2) is 0 Å². The molecule has 1 N–H and O–H groups in total. The lowest BCUT2D eigenvalue weighted by atomic mass is 10.1. The Morgan fingerprint density at radius 1 is 1.18 bits per heavy atom. The van der Waals surface area contributed by atoms with E-state index < -0.39 is 5.91 Å². The second-order valence-electron chi connectivity index (χ2n) is 5.73. The number of nitrogens with one attached hydrogen (secondary N) is 1. The monoisotopic (exact) mass is 444 g/mol. The molecule has 7 heteroatoms. The molecule has 0 fully saturated rings. The van der Waals surface area contributed by atoms with Crippen molar-refractivity contribution in [3.63, 3.8) is 0 Å². The van der Waals surface area contributed by atoms with Crippen molar-refractivity contribution in [3.05, 3.63) is 52.0 Å². The first-order valence-corrected chi connectivity index (χ1v) is 9.39. The number of carbonyl (C=O) groups excluding carboxylic acids is 1. The predicted molar refractivity (Wildman–Crippen MR) is 112 cm³/mol. The van der Waals surface area contributed by atoms with Crippen molar-refractivity contribution < 1.29 is 19.0 Å². The van der Waals surface area contributed by atoms with Crippen LogP contribution in [0, 0.1) is 11.3 Å². The Kier molecular flexibility index (Phi) is 7.90. The van der Waals surface area contributed by atoms with E-state index in [1.807, 2.05) is 13.0 Å². The topological polar surface area (TPSA) is 80.6 Å². The number of methoxy groups -OCH3 is 2. The van der Waals surface area contributed by atoms with Gasteiger partial charge in [0.15, 0.2) is 11.5 Å². The highest BCUT2D eigenvalue weighted by molar-refractivity contribution is 9.10. The minimum Gasteiger partial charge on any atom is -0.497 e. The molecular weight excluding hydrogens is 424 g/mol. The number of benzene rings is 2. The smallest absolute Gasteiger partial charge is 0.266 e. The summed E-state index contributed by atoms with van der Waals surface area (Å²) < 4.78 is 16.8. The standard InChI is InChI=1S/C21H21BrN2O4/c1-4-9-28-20-12-18(22)14(11-19(20)27-3)10-15(13-23)21(25)24-16-5-7-17(26-2)8-6-16/h5-8,10-12H,4,9H2,1-3H3,(H,24,25). The van der Waals surface area contributed by atoms with E-state index >= 15 is 0 Å². The summed E-state index contributed by atoms with van der Waals surface area (Å²) in [6, 6.07) is 12.3. The number of halogens is 1. The van der Waals surface area contributed by atoms with Crippen LogP contribution in [0.5, 0.6) is 17.2 Å². The molecule has 2 aromatic carbocycles. The number of amides is 1. The summed E-state index contributed by atoms with van der Waals surface area (Å²) in [5.74, 6) is 1.28. The molecule has 0 aliphatic heterocycles. The third kappa shape index (κ3) is 5.51. The average Bonchev–Trinajstić information content (AvgIpc) is 2.71. The van der Waals surface area contributed by atoms with Crippen molar-refractivity contribution in [3.8, 4) is 23.3 Å². The fourth-order valence-electron chi connectivity index (χ4n) is 2.32. The molecule has 1 amide bonds. The Morgan fingerprint density at radius 3 is 2.46 bits per heavy atom. The van der Waals surface area contributed by atoms with Gasteiger partial charge < -0.3 is 19.5 Å². The number of anilines is 1. The van der Waals surface area contributed by atoms with Crippen molar-refractivity contribution in [1.29, 1.82) is 5.26 Å².